The summed E-state index contributed by atoms with van der Waals surface area (Å²) in [4.78, 5) is 11.4. The van der Waals surface area contributed by atoms with Gasteiger partial charge in [0.15, 0.2) is 5.69 Å². The van der Waals surface area contributed by atoms with Gasteiger partial charge in [-0.15, -0.1) is 0 Å². The number of nitrogens with zero attached hydrogens (tertiary/aromatic N) is 1. The Morgan fingerprint density at radius 1 is 1.44 bits per heavy atom. The van der Waals surface area contributed by atoms with Gasteiger partial charge in [0.2, 0.25) is 0 Å². The van der Waals surface area contributed by atoms with Crippen LogP contribution >= 0.6 is 0 Å². The first-order valence-electron chi connectivity index (χ1n) is 5.95. The van der Waals surface area contributed by atoms with Gasteiger partial charge in [0.1, 0.15) is 5.75 Å². The molecule has 0 radical (unpaired) electrons. The second-order valence-corrected chi connectivity index (χ2v) is 3.97. The fourth-order valence-electron chi connectivity index (χ4n) is 1.68. The highest BCUT2D eigenvalue weighted by molar-refractivity contribution is 6.02. The summed E-state index contributed by atoms with van der Waals surface area (Å²) in [5.74, 6) is 0.330. The van der Waals surface area contributed by atoms with E-state index in [0.29, 0.717) is 12.3 Å². The molecule has 0 amide bonds. The van der Waals surface area contributed by atoms with Crippen molar-refractivity contribution in [1.29, 1.82) is 0 Å². The summed E-state index contributed by atoms with van der Waals surface area (Å²) >= 11 is 0. The van der Waals surface area contributed by atoms with Gasteiger partial charge in [-0.2, -0.15) is 5.10 Å². The molecule has 0 saturated carbocycles. The zero-order chi connectivity index (χ0) is 13.0. The van der Waals surface area contributed by atoms with E-state index in [2.05, 4.69) is 21.9 Å². The van der Waals surface area contributed by atoms with Crippen LogP contribution < -0.4 is 4.74 Å². The third kappa shape index (κ3) is 2.45. The van der Waals surface area contributed by atoms with Crippen molar-refractivity contribution in [2.24, 2.45) is 0 Å². The Bertz CT molecular complexity index is 548. The summed E-state index contributed by atoms with van der Waals surface area (Å²) in [5.41, 5.74) is 1.07. The molecule has 0 spiro atoms. The normalized spacial score (nSPS) is 10.6. The maximum Gasteiger partial charge on any atom is 0.359 e. The lowest BCUT2D eigenvalue weighted by atomic mass is 10.2. The van der Waals surface area contributed by atoms with Crippen LogP contribution in [0.2, 0.25) is 0 Å². The number of aromatic nitrogens is 2. The first-order valence-corrected chi connectivity index (χ1v) is 5.95. The van der Waals surface area contributed by atoms with Crippen molar-refractivity contribution in [2.45, 2.75) is 19.8 Å². The van der Waals surface area contributed by atoms with Gasteiger partial charge in [0.25, 0.3) is 0 Å². The lowest BCUT2D eigenvalue weighted by Gasteiger charge is -2.04. The van der Waals surface area contributed by atoms with E-state index in [-0.39, 0.29) is 0 Å². The summed E-state index contributed by atoms with van der Waals surface area (Å²) in [6.07, 6.45) is 2.12. The zero-order valence-electron chi connectivity index (χ0n) is 10.5. The molecule has 0 saturated heterocycles. The number of carbonyl (C=O) groups is 1. The van der Waals surface area contributed by atoms with Crippen molar-refractivity contribution >= 4 is 16.9 Å². The van der Waals surface area contributed by atoms with Gasteiger partial charge in [-0.3, -0.25) is 5.10 Å². The minimum absolute atomic E-state index is 0.299. The summed E-state index contributed by atoms with van der Waals surface area (Å²) in [6.45, 7) is 2.81. The highest BCUT2D eigenvalue weighted by Gasteiger charge is 2.14. The number of H-pyrrole nitrogens is 1. The van der Waals surface area contributed by atoms with E-state index in [9.17, 15) is 4.79 Å². The van der Waals surface area contributed by atoms with Crippen LogP contribution in [0.3, 0.4) is 0 Å². The second kappa shape index (κ2) is 5.53. The van der Waals surface area contributed by atoms with Crippen LogP contribution in [0.1, 0.15) is 30.3 Å². The molecule has 5 nitrogen and oxygen atoms in total. The van der Waals surface area contributed by atoms with Gasteiger partial charge in [0, 0.05) is 11.5 Å². The van der Waals surface area contributed by atoms with Gasteiger partial charge >= 0.3 is 5.97 Å². The molecule has 0 bridgehead atoms. The quantitative estimate of drug-likeness (QED) is 0.652. The predicted octanol–water partition coefficient (Wildman–Crippen LogP) is 2.53. The van der Waals surface area contributed by atoms with Crippen LogP contribution in [-0.4, -0.2) is 29.9 Å². The predicted molar refractivity (Wildman–Crippen MR) is 67.8 cm³/mol. The molecule has 0 aliphatic carbocycles. The Balaban J connectivity index is 2.22. The zero-order valence-corrected chi connectivity index (χ0v) is 10.5. The van der Waals surface area contributed by atoms with E-state index in [0.717, 1.165) is 29.5 Å². The van der Waals surface area contributed by atoms with Crippen LogP contribution in [0.25, 0.3) is 10.9 Å². The molecule has 1 heterocycles. The lowest BCUT2D eigenvalue weighted by molar-refractivity contribution is 0.0596. The molecule has 0 aliphatic heterocycles. The molecule has 0 fully saturated rings. The monoisotopic (exact) mass is 248 g/mol. The minimum atomic E-state index is -0.444. The first kappa shape index (κ1) is 12.4. The van der Waals surface area contributed by atoms with Crippen LogP contribution in [-0.2, 0) is 4.74 Å². The summed E-state index contributed by atoms with van der Waals surface area (Å²) in [7, 11) is 1.34. The number of ether oxygens (including phenoxy) is 2. The van der Waals surface area contributed by atoms with Crippen molar-refractivity contribution in [2.75, 3.05) is 13.7 Å². The van der Waals surface area contributed by atoms with Crippen molar-refractivity contribution in [3.63, 3.8) is 0 Å². The van der Waals surface area contributed by atoms with Gasteiger partial charge in [0.05, 0.1) is 19.2 Å². The van der Waals surface area contributed by atoms with Gasteiger partial charge in [-0.1, -0.05) is 13.3 Å². The summed E-state index contributed by atoms with van der Waals surface area (Å²) < 4.78 is 10.2. The van der Waals surface area contributed by atoms with E-state index >= 15 is 0 Å². The molecule has 0 unspecified atom stereocenters. The van der Waals surface area contributed by atoms with Crippen LogP contribution in [0.15, 0.2) is 18.2 Å². The van der Waals surface area contributed by atoms with E-state index in [1.54, 1.807) is 0 Å². The van der Waals surface area contributed by atoms with Gasteiger partial charge in [-0.05, 0) is 18.6 Å². The summed E-state index contributed by atoms with van der Waals surface area (Å²) in [6, 6.07) is 5.48. The fraction of sp³-hybridized carbons (Fsp3) is 0.385. The van der Waals surface area contributed by atoms with Crippen LogP contribution in [0, 0.1) is 0 Å². The Kier molecular flexibility index (Phi) is 3.82. The van der Waals surface area contributed by atoms with Crippen LogP contribution in [0.5, 0.6) is 5.75 Å². The van der Waals surface area contributed by atoms with E-state index < -0.39 is 5.97 Å². The van der Waals surface area contributed by atoms with Crippen molar-refractivity contribution in [3.05, 3.63) is 23.9 Å². The second-order valence-electron chi connectivity index (χ2n) is 3.97. The number of rotatable bonds is 5. The molecular weight excluding hydrogens is 232 g/mol. The molecule has 0 atom stereocenters. The Labute approximate surface area is 105 Å². The summed E-state index contributed by atoms with van der Waals surface area (Å²) in [5, 5.41) is 7.49. The number of unbranched alkanes of at least 4 members (excludes halogenated alkanes) is 1. The number of methoxy groups -OCH3 is 1. The number of hydrogen-bond acceptors (Lipinski definition) is 4. The molecule has 0 aliphatic rings. The minimum Gasteiger partial charge on any atom is -0.494 e. The number of fused-ring (bicyclic) bond motifs is 1. The number of aromatic amines is 1. The number of carbonyl (C=O) groups excluding carboxylic acids is 1. The topological polar surface area (TPSA) is 64.2 Å². The van der Waals surface area contributed by atoms with Gasteiger partial charge < -0.3 is 9.47 Å². The SMILES string of the molecule is CCCCOc1ccc2c(C(=O)OC)n[nH]c2c1. The van der Waals surface area contributed by atoms with Crippen molar-refractivity contribution in [3.8, 4) is 5.75 Å². The average Bonchev–Trinajstić information content (AvgIpc) is 2.81. The molecular formula is C13H16N2O3. The fourth-order valence-corrected chi connectivity index (χ4v) is 1.68. The highest BCUT2D eigenvalue weighted by Crippen LogP contribution is 2.22. The molecule has 2 aromatic rings. The first-order chi connectivity index (χ1) is 8.76. The van der Waals surface area contributed by atoms with E-state index in [4.69, 9.17) is 4.74 Å². The standard InChI is InChI=1S/C13H16N2O3/c1-3-4-7-18-9-5-6-10-11(8-9)14-15-12(10)13(16)17-2/h5-6,8H,3-4,7H2,1-2H3,(H,14,15). The lowest BCUT2D eigenvalue weighted by Crippen LogP contribution is -2.01. The molecule has 5 heteroatoms. The Hall–Kier alpha value is -2.04. The highest BCUT2D eigenvalue weighted by atomic mass is 16.5. The van der Waals surface area contributed by atoms with E-state index in [1.165, 1.54) is 7.11 Å². The van der Waals surface area contributed by atoms with Crippen LogP contribution in [0.4, 0.5) is 0 Å². The van der Waals surface area contributed by atoms with Gasteiger partial charge in [-0.25, -0.2) is 4.79 Å². The van der Waals surface area contributed by atoms with E-state index in [1.807, 2.05) is 18.2 Å². The Morgan fingerprint density at radius 2 is 2.28 bits per heavy atom. The molecule has 18 heavy (non-hydrogen) atoms. The maximum atomic E-state index is 11.4. The third-order valence-corrected chi connectivity index (χ3v) is 2.68. The smallest absolute Gasteiger partial charge is 0.359 e. The molecule has 96 valence electrons. The number of hydrogen-bond donors (Lipinski definition) is 1. The number of benzene rings is 1. The Morgan fingerprint density at radius 3 is 3.00 bits per heavy atom. The number of nitrogens with one attached hydrogen (secondary N) is 1. The van der Waals surface area contributed by atoms with Crippen molar-refractivity contribution < 1.29 is 14.3 Å². The van der Waals surface area contributed by atoms with Crippen molar-refractivity contribution in [1.82, 2.24) is 10.2 Å². The molecule has 2 rings (SSSR count). The molecule has 1 aromatic heterocycles. The maximum absolute atomic E-state index is 11.4. The largest absolute Gasteiger partial charge is 0.494 e. The number of esters is 1. The average molecular weight is 248 g/mol. The third-order valence-electron chi connectivity index (χ3n) is 2.68. The molecule has 1 N–H and O–H groups in total. The molecule has 1 aromatic carbocycles.